The van der Waals surface area contributed by atoms with E-state index in [0.717, 1.165) is 28.4 Å². The molecule has 6 nitrogen and oxygen atoms in total. The van der Waals surface area contributed by atoms with E-state index in [-0.39, 0.29) is 5.91 Å². The van der Waals surface area contributed by atoms with Gasteiger partial charge in [0.25, 0.3) is 5.91 Å². The Morgan fingerprint density at radius 2 is 1.88 bits per heavy atom. The predicted octanol–water partition coefficient (Wildman–Crippen LogP) is 5.66. The summed E-state index contributed by atoms with van der Waals surface area (Å²) in [5.74, 6) is 2.11. The second-order valence-corrected chi connectivity index (χ2v) is 8.33. The van der Waals surface area contributed by atoms with Crippen molar-refractivity contribution < 1.29 is 9.53 Å². The Morgan fingerprint density at radius 3 is 2.68 bits per heavy atom. The number of hydrogen-bond donors (Lipinski definition) is 1. The number of aryl methyl sites for hydroxylation is 2. The Kier molecular flexibility index (Phi) is 7.60. The smallest absolute Gasteiger partial charge is 0.251 e. The van der Waals surface area contributed by atoms with Gasteiger partial charge >= 0.3 is 0 Å². The average molecular weight is 475 g/mol. The van der Waals surface area contributed by atoms with Crippen molar-refractivity contribution in [2.45, 2.75) is 26.7 Å². The third kappa shape index (κ3) is 5.64. The minimum absolute atomic E-state index is 0.141. The quantitative estimate of drug-likeness (QED) is 0.318. The minimum atomic E-state index is -0.141. The van der Waals surface area contributed by atoms with Gasteiger partial charge in [-0.3, -0.25) is 4.79 Å². The van der Waals surface area contributed by atoms with Crippen LogP contribution in [0.25, 0.3) is 17.1 Å². The van der Waals surface area contributed by atoms with Gasteiger partial charge in [-0.15, -0.1) is 0 Å². The summed E-state index contributed by atoms with van der Waals surface area (Å²) in [6.45, 7) is 5.08. The molecule has 0 unspecified atom stereocenters. The first kappa shape index (κ1) is 23.5. The number of benzene rings is 3. The van der Waals surface area contributed by atoms with E-state index >= 15 is 0 Å². The lowest BCUT2D eigenvalue weighted by molar-refractivity contribution is 0.0951. The van der Waals surface area contributed by atoms with Gasteiger partial charge in [0.2, 0.25) is 0 Å². The summed E-state index contributed by atoms with van der Waals surface area (Å²) in [6.07, 6.45) is 1.41. The van der Waals surface area contributed by atoms with Crippen molar-refractivity contribution in [1.29, 1.82) is 0 Å². The molecule has 0 aliphatic rings. The number of para-hydroxylation sites is 1. The molecule has 174 valence electrons. The van der Waals surface area contributed by atoms with Crippen LogP contribution in [0.1, 0.15) is 35.1 Å². The molecule has 7 heteroatoms. The zero-order chi connectivity index (χ0) is 23.9. The molecule has 0 saturated carbocycles. The maximum Gasteiger partial charge on any atom is 0.251 e. The summed E-state index contributed by atoms with van der Waals surface area (Å²) in [5, 5.41) is 8.27. The van der Waals surface area contributed by atoms with Gasteiger partial charge in [0, 0.05) is 29.1 Å². The number of aromatic nitrogens is 3. The summed E-state index contributed by atoms with van der Waals surface area (Å²) in [7, 11) is 0. The maximum atomic E-state index is 12.8. The van der Waals surface area contributed by atoms with Crippen LogP contribution < -0.4 is 10.1 Å². The lowest BCUT2D eigenvalue weighted by atomic mass is 10.1. The number of nitrogens with zero attached hydrogens (tertiary/aromatic N) is 3. The molecule has 1 heterocycles. The highest BCUT2D eigenvalue weighted by Gasteiger charge is 2.16. The first-order chi connectivity index (χ1) is 16.5. The number of ether oxygens (including phenoxy) is 1. The van der Waals surface area contributed by atoms with Crippen LogP contribution in [0.3, 0.4) is 0 Å². The Labute approximate surface area is 204 Å². The van der Waals surface area contributed by atoms with E-state index in [9.17, 15) is 4.79 Å². The highest BCUT2D eigenvalue weighted by atomic mass is 35.5. The maximum absolute atomic E-state index is 12.8. The Hall–Kier alpha value is -3.64. The molecule has 0 saturated heterocycles. The van der Waals surface area contributed by atoms with Gasteiger partial charge in [0.05, 0.1) is 12.3 Å². The fourth-order valence-electron chi connectivity index (χ4n) is 3.56. The van der Waals surface area contributed by atoms with E-state index in [0.29, 0.717) is 42.4 Å². The van der Waals surface area contributed by atoms with Crippen molar-refractivity contribution in [1.82, 2.24) is 20.1 Å². The summed E-state index contributed by atoms with van der Waals surface area (Å²) in [4.78, 5) is 17.5. The van der Waals surface area contributed by atoms with Gasteiger partial charge < -0.3 is 10.1 Å². The number of carbonyl (C=O) groups excluding carboxylic acids is 1. The first-order valence-electron chi connectivity index (χ1n) is 11.3. The molecule has 1 aromatic heterocycles. The van der Waals surface area contributed by atoms with Crippen molar-refractivity contribution >= 4 is 17.5 Å². The number of amides is 1. The van der Waals surface area contributed by atoms with Crippen LogP contribution in [-0.4, -0.2) is 33.8 Å². The Morgan fingerprint density at radius 1 is 1.06 bits per heavy atom. The minimum Gasteiger partial charge on any atom is -0.494 e. The molecule has 4 rings (SSSR count). The van der Waals surface area contributed by atoms with Gasteiger partial charge in [-0.1, -0.05) is 48.9 Å². The highest BCUT2D eigenvalue weighted by molar-refractivity contribution is 6.30. The van der Waals surface area contributed by atoms with E-state index in [1.807, 2.05) is 80.6 Å². The van der Waals surface area contributed by atoms with Crippen molar-refractivity contribution in [2.24, 2.45) is 0 Å². The van der Waals surface area contributed by atoms with Crippen molar-refractivity contribution in [3.05, 3.63) is 94.8 Å². The lowest BCUT2D eigenvalue weighted by Gasteiger charge is -2.11. The van der Waals surface area contributed by atoms with Gasteiger partial charge in [-0.05, 0) is 61.4 Å². The van der Waals surface area contributed by atoms with Gasteiger partial charge in [0.1, 0.15) is 5.75 Å². The van der Waals surface area contributed by atoms with Crippen molar-refractivity contribution in [2.75, 3.05) is 13.2 Å². The normalized spacial score (nSPS) is 10.8. The average Bonchev–Trinajstić information content (AvgIpc) is 3.30. The summed E-state index contributed by atoms with van der Waals surface area (Å²) in [6, 6.07) is 22.7. The molecule has 0 aliphatic carbocycles. The molecule has 0 bridgehead atoms. The fourth-order valence-corrected chi connectivity index (χ4v) is 3.73. The number of rotatable bonds is 9. The lowest BCUT2D eigenvalue weighted by Crippen LogP contribution is -2.25. The topological polar surface area (TPSA) is 69.0 Å². The fraction of sp³-hybridized carbons (Fsp3) is 0.222. The third-order valence-corrected chi connectivity index (χ3v) is 5.61. The van der Waals surface area contributed by atoms with Gasteiger partial charge in [0.15, 0.2) is 11.6 Å². The summed E-state index contributed by atoms with van der Waals surface area (Å²) < 4.78 is 7.46. The number of halogens is 1. The van der Waals surface area contributed by atoms with Crippen LogP contribution in [0.4, 0.5) is 0 Å². The van der Waals surface area contributed by atoms with Crippen LogP contribution in [0.15, 0.2) is 72.8 Å². The third-order valence-electron chi connectivity index (χ3n) is 5.38. The molecule has 0 atom stereocenters. The molecule has 0 spiro atoms. The number of carbonyl (C=O) groups is 1. The van der Waals surface area contributed by atoms with Crippen molar-refractivity contribution in [3.63, 3.8) is 0 Å². The largest absolute Gasteiger partial charge is 0.494 e. The van der Waals surface area contributed by atoms with Crippen LogP contribution in [-0.2, 0) is 6.42 Å². The van der Waals surface area contributed by atoms with E-state index in [4.69, 9.17) is 21.3 Å². The predicted molar refractivity (Wildman–Crippen MR) is 135 cm³/mol. The standard InChI is InChI=1S/C27H27ClN4O2/c1-3-25-30-26(24-18-21(28)14-13-19(24)2)32(31-25)22-10-7-9-20(17-22)27(33)29-15-8-16-34-23-11-5-4-6-12-23/h4-7,9-14,17-18H,3,8,15-16H2,1-2H3,(H,29,33). The molecule has 0 fully saturated rings. The van der Waals surface area contributed by atoms with Crippen LogP contribution in [0, 0.1) is 6.92 Å². The molecular weight excluding hydrogens is 448 g/mol. The van der Waals surface area contributed by atoms with E-state index < -0.39 is 0 Å². The SMILES string of the molecule is CCc1nc(-c2cc(Cl)ccc2C)n(-c2cccc(C(=O)NCCCOc3ccccc3)c2)n1. The van der Waals surface area contributed by atoms with Crippen molar-refractivity contribution in [3.8, 4) is 22.8 Å². The highest BCUT2D eigenvalue weighted by Crippen LogP contribution is 2.27. The van der Waals surface area contributed by atoms with Gasteiger partial charge in [-0.2, -0.15) is 5.10 Å². The molecule has 1 amide bonds. The molecule has 3 aromatic carbocycles. The van der Waals surface area contributed by atoms with Crippen LogP contribution in [0.5, 0.6) is 5.75 Å². The van der Waals surface area contributed by atoms with E-state index in [1.54, 1.807) is 10.7 Å². The molecule has 4 aromatic rings. The first-order valence-corrected chi connectivity index (χ1v) is 11.7. The monoisotopic (exact) mass is 474 g/mol. The zero-order valence-electron chi connectivity index (χ0n) is 19.3. The zero-order valence-corrected chi connectivity index (χ0v) is 20.0. The molecule has 0 aliphatic heterocycles. The van der Waals surface area contributed by atoms with Gasteiger partial charge in [-0.25, -0.2) is 9.67 Å². The second-order valence-electron chi connectivity index (χ2n) is 7.90. The number of nitrogens with one attached hydrogen (secondary N) is 1. The Bertz CT molecular complexity index is 1270. The molecule has 0 radical (unpaired) electrons. The summed E-state index contributed by atoms with van der Waals surface area (Å²) in [5.41, 5.74) is 3.28. The van der Waals surface area contributed by atoms with E-state index in [2.05, 4.69) is 10.4 Å². The molecular formula is C27H27ClN4O2. The van der Waals surface area contributed by atoms with Crippen LogP contribution >= 0.6 is 11.6 Å². The molecule has 34 heavy (non-hydrogen) atoms. The Balaban J connectivity index is 1.47. The number of hydrogen-bond acceptors (Lipinski definition) is 4. The second kappa shape index (κ2) is 11.0. The van der Waals surface area contributed by atoms with E-state index in [1.165, 1.54) is 0 Å². The molecule has 1 N–H and O–H groups in total. The van der Waals surface area contributed by atoms with Crippen LogP contribution in [0.2, 0.25) is 5.02 Å². The summed E-state index contributed by atoms with van der Waals surface area (Å²) >= 11 is 6.26.